The number of nitrogens with zero attached hydrogens (tertiary/aromatic N) is 2. The topological polar surface area (TPSA) is 83.8 Å². The summed E-state index contributed by atoms with van der Waals surface area (Å²) in [4.78, 5) is 16.8. The van der Waals surface area contributed by atoms with E-state index in [1.165, 1.54) is 0 Å². The van der Waals surface area contributed by atoms with Crippen molar-refractivity contribution >= 4 is 33.7 Å². The number of aryl methyl sites for hydroxylation is 2. The molecule has 6 heteroatoms. The van der Waals surface area contributed by atoms with Gasteiger partial charge in [-0.15, -0.1) is 0 Å². The molecular weight excluding hydrogens is 292 g/mol. The maximum absolute atomic E-state index is 12.4. The molecule has 114 valence electrons. The minimum Gasteiger partial charge on any atom is -0.451 e. The van der Waals surface area contributed by atoms with Crippen LogP contribution in [0.5, 0.6) is 0 Å². The van der Waals surface area contributed by atoms with E-state index in [1.54, 1.807) is 6.07 Å². The second-order valence-electron chi connectivity index (χ2n) is 5.48. The summed E-state index contributed by atoms with van der Waals surface area (Å²) in [7, 11) is 0. The Morgan fingerprint density at radius 3 is 2.87 bits per heavy atom. The highest BCUT2D eigenvalue weighted by Gasteiger charge is 2.17. The van der Waals surface area contributed by atoms with Crippen molar-refractivity contribution in [3.05, 3.63) is 53.4 Å². The first-order valence-corrected chi connectivity index (χ1v) is 7.24. The fourth-order valence-corrected chi connectivity index (χ4v) is 2.73. The highest BCUT2D eigenvalue weighted by atomic mass is 16.3. The number of para-hydroxylation sites is 1. The zero-order valence-electron chi connectivity index (χ0n) is 12.7. The van der Waals surface area contributed by atoms with Crippen molar-refractivity contribution in [3.8, 4) is 0 Å². The number of hydrogen-bond acceptors (Lipinski definition) is 4. The van der Waals surface area contributed by atoms with Crippen LogP contribution in [0.15, 0.2) is 40.8 Å². The lowest BCUT2D eigenvalue weighted by Crippen LogP contribution is -2.11. The van der Waals surface area contributed by atoms with E-state index in [1.807, 2.05) is 44.2 Å². The summed E-state index contributed by atoms with van der Waals surface area (Å²) in [6.45, 7) is 3.88. The third-order valence-electron chi connectivity index (χ3n) is 3.74. The summed E-state index contributed by atoms with van der Waals surface area (Å²) >= 11 is 0. The largest absolute Gasteiger partial charge is 0.451 e. The molecule has 0 saturated carbocycles. The Bertz CT molecular complexity index is 1010. The van der Waals surface area contributed by atoms with Gasteiger partial charge in [0.1, 0.15) is 5.58 Å². The van der Waals surface area contributed by atoms with E-state index in [9.17, 15) is 4.79 Å². The van der Waals surface area contributed by atoms with Crippen LogP contribution in [0.3, 0.4) is 0 Å². The molecule has 3 heterocycles. The Labute approximate surface area is 131 Å². The summed E-state index contributed by atoms with van der Waals surface area (Å²) in [6.07, 6.45) is 0. The molecule has 4 rings (SSSR count). The number of aromatic amines is 1. The maximum Gasteiger partial charge on any atom is 0.292 e. The molecule has 0 radical (unpaired) electrons. The highest BCUT2D eigenvalue weighted by Crippen LogP contribution is 2.25. The van der Waals surface area contributed by atoms with E-state index >= 15 is 0 Å². The van der Waals surface area contributed by atoms with Gasteiger partial charge in [0.15, 0.2) is 17.2 Å². The van der Waals surface area contributed by atoms with E-state index < -0.39 is 0 Å². The van der Waals surface area contributed by atoms with Gasteiger partial charge in [0.2, 0.25) is 0 Å². The Kier molecular flexibility index (Phi) is 2.90. The van der Waals surface area contributed by atoms with Crippen molar-refractivity contribution < 1.29 is 9.21 Å². The summed E-state index contributed by atoms with van der Waals surface area (Å²) in [5.41, 5.74) is 3.23. The van der Waals surface area contributed by atoms with Gasteiger partial charge < -0.3 is 9.73 Å². The van der Waals surface area contributed by atoms with Crippen LogP contribution in [0.1, 0.15) is 21.8 Å². The van der Waals surface area contributed by atoms with E-state index in [0.717, 1.165) is 22.0 Å². The number of H-pyrrole nitrogens is 1. The lowest BCUT2D eigenvalue weighted by Gasteiger charge is -2.02. The number of furan rings is 1. The molecule has 1 aromatic carbocycles. The third-order valence-corrected chi connectivity index (χ3v) is 3.74. The number of carbonyl (C=O) groups is 1. The zero-order chi connectivity index (χ0) is 16.0. The molecule has 1 amide bonds. The predicted octanol–water partition coefficient (Wildman–Crippen LogP) is 3.57. The van der Waals surface area contributed by atoms with Crippen molar-refractivity contribution in [2.75, 3.05) is 5.32 Å². The molecule has 2 N–H and O–H groups in total. The third kappa shape index (κ3) is 2.24. The average Bonchev–Trinajstić information content (AvgIpc) is 3.11. The molecule has 23 heavy (non-hydrogen) atoms. The SMILES string of the molecule is Cc1cc(C)c2c(NC(=O)c3cc4ccccc4o3)n[nH]c2n1. The molecule has 0 aliphatic heterocycles. The number of benzene rings is 1. The zero-order valence-corrected chi connectivity index (χ0v) is 12.7. The van der Waals surface area contributed by atoms with Crippen molar-refractivity contribution in [2.45, 2.75) is 13.8 Å². The van der Waals surface area contributed by atoms with Crippen LogP contribution >= 0.6 is 0 Å². The number of pyridine rings is 1. The van der Waals surface area contributed by atoms with E-state index in [4.69, 9.17) is 4.42 Å². The summed E-state index contributed by atoms with van der Waals surface area (Å²) in [5, 5.41) is 11.5. The second-order valence-corrected chi connectivity index (χ2v) is 5.48. The van der Waals surface area contributed by atoms with Gasteiger partial charge in [0.25, 0.3) is 5.91 Å². The minimum absolute atomic E-state index is 0.250. The summed E-state index contributed by atoms with van der Waals surface area (Å²) in [5.74, 6) is 0.366. The van der Waals surface area contributed by atoms with Crippen molar-refractivity contribution in [3.63, 3.8) is 0 Å². The number of amides is 1. The molecule has 0 saturated heterocycles. The molecule has 0 fully saturated rings. The first-order valence-electron chi connectivity index (χ1n) is 7.24. The monoisotopic (exact) mass is 306 g/mol. The number of hydrogen-bond donors (Lipinski definition) is 2. The van der Waals surface area contributed by atoms with Crippen LogP contribution < -0.4 is 5.32 Å². The van der Waals surface area contributed by atoms with Crippen molar-refractivity contribution in [1.29, 1.82) is 0 Å². The number of anilines is 1. The quantitative estimate of drug-likeness (QED) is 0.593. The van der Waals surface area contributed by atoms with Gasteiger partial charge in [-0.05, 0) is 37.6 Å². The molecule has 0 unspecified atom stereocenters. The van der Waals surface area contributed by atoms with Gasteiger partial charge in [-0.1, -0.05) is 18.2 Å². The van der Waals surface area contributed by atoms with Crippen LogP contribution in [0.4, 0.5) is 5.82 Å². The average molecular weight is 306 g/mol. The van der Waals surface area contributed by atoms with E-state index in [2.05, 4.69) is 20.5 Å². The fourth-order valence-electron chi connectivity index (χ4n) is 2.73. The molecule has 0 atom stereocenters. The van der Waals surface area contributed by atoms with E-state index in [-0.39, 0.29) is 11.7 Å². The first kappa shape index (κ1) is 13.5. The molecule has 0 spiro atoms. The van der Waals surface area contributed by atoms with Gasteiger partial charge in [-0.2, -0.15) is 5.10 Å². The van der Waals surface area contributed by atoms with Crippen LogP contribution in [0.2, 0.25) is 0 Å². The number of carbonyl (C=O) groups excluding carboxylic acids is 1. The Morgan fingerprint density at radius 1 is 1.22 bits per heavy atom. The van der Waals surface area contributed by atoms with Gasteiger partial charge in [0, 0.05) is 11.1 Å². The lowest BCUT2D eigenvalue weighted by atomic mass is 10.2. The second kappa shape index (κ2) is 4.95. The fraction of sp³-hybridized carbons (Fsp3) is 0.118. The minimum atomic E-state index is -0.338. The molecule has 3 aromatic heterocycles. The van der Waals surface area contributed by atoms with Crippen LogP contribution in [0.25, 0.3) is 22.0 Å². The standard InChI is InChI=1S/C17H14N4O2/c1-9-7-10(2)18-15-14(9)16(21-20-15)19-17(22)13-8-11-5-3-4-6-12(11)23-13/h3-8H,1-2H3,(H2,18,19,20,21,22). The van der Waals surface area contributed by atoms with E-state index in [0.29, 0.717) is 17.0 Å². The Morgan fingerprint density at radius 2 is 2.04 bits per heavy atom. The number of rotatable bonds is 2. The normalized spacial score (nSPS) is 11.2. The number of aromatic nitrogens is 3. The molecule has 0 aliphatic rings. The van der Waals surface area contributed by atoms with Crippen LogP contribution in [-0.4, -0.2) is 21.1 Å². The number of nitrogens with one attached hydrogen (secondary N) is 2. The highest BCUT2D eigenvalue weighted by molar-refractivity contribution is 6.08. The Hall–Kier alpha value is -3.15. The molecule has 0 aliphatic carbocycles. The summed E-state index contributed by atoms with van der Waals surface area (Å²) < 4.78 is 5.57. The maximum atomic E-state index is 12.4. The molecule has 6 nitrogen and oxygen atoms in total. The smallest absolute Gasteiger partial charge is 0.292 e. The van der Waals surface area contributed by atoms with Gasteiger partial charge in [-0.3, -0.25) is 9.89 Å². The van der Waals surface area contributed by atoms with Gasteiger partial charge in [-0.25, -0.2) is 4.98 Å². The molecule has 4 aromatic rings. The Balaban J connectivity index is 1.71. The molecular formula is C17H14N4O2. The summed E-state index contributed by atoms with van der Waals surface area (Å²) in [6, 6.07) is 11.2. The van der Waals surface area contributed by atoms with Crippen molar-refractivity contribution in [2.24, 2.45) is 0 Å². The van der Waals surface area contributed by atoms with Gasteiger partial charge >= 0.3 is 0 Å². The predicted molar refractivity (Wildman–Crippen MR) is 87.5 cm³/mol. The lowest BCUT2D eigenvalue weighted by molar-refractivity contribution is 0.0998. The molecule has 0 bridgehead atoms. The van der Waals surface area contributed by atoms with Crippen molar-refractivity contribution in [1.82, 2.24) is 15.2 Å². The van der Waals surface area contributed by atoms with Crippen LogP contribution in [-0.2, 0) is 0 Å². The van der Waals surface area contributed by atoms with Gasteiger partial charge in [0.05, 0.1) is 5.39 Å². The van der Waals surface area contributed by atoms with Crippen LogP contribution in [0, 0.1) is 13.8 Å². The first-order chi connectivity index (χ1) is 11.1. The number of fused-ring (bicyclic) bond motifs is 2.